The first-order valence-electron chi connectivity index (χ1n) is 8.02. The van der Waals surface area contributed by atoms with Gasteiger partial charge in [0.25, 0.3) is 0 Å². The third-order valence-electron chi connectivity index (χ3n) is 4.30. The summed E-state index contributed by atoms with van der Waals surface area (Å²) < 4.78 is 23.5. The maximum atomic E-state index is 11.8. The van der Waals surface area contributed by atoms with Crippen molar-refractivity contribution in [1.82, 2.24) is 5.32 Å². The minimum atomic E-state index is -2.79. The normalized spacial score (nSPS) is 22.5. The fourth-order valence-electron chi connectivity index (χ4n) is 3.05. The van der Waals surface area contributed by atoms with E-state index in [4.69, 9.17) is 0 Å². The Kier molecular flexibility index (Phi) is 6.26. The number of rotatable bonds is 8. The van der Waals surface area contributed by atoms with E-state index in [1.54, 1.807) is 0 Å². The van der Waals surface area contributed by atoms with E-state index in [9.17, 15) is 8.42 Å². The molecule has 0 amide bonds. The number of hydrogen-bond donors (Lipinski definition) is 1. The van der Waals surface area contributed by atoms with Crippen molar-refractivity contribution >= 4 is 21.2 Å². The van der Waals surface area contributed by atoms with Crippen LogP contribution in [0.25, 0.3) is 0 Å². The Morgan fingerprint density at radius 1 is 1.33 bits per heavy atom. The molecule has 2 heterocycles. The van der Waals surface area contributed by atoms with Crippen LogP contribution in [0.4, 0.5) is 0 Å². The van der Waals surface area contributed by atoms with Crippen molar-refractivity contribution in [2.24, 2.45) is 11.8 Å². The molecule has 1 aromatic heterocycles. The third kappa shape index (κ3) is 5.08. The van der Waals surface area contributed by atoms with Crippen molar-refractivity contribution in [2.75, 3.05) is 24.6 Å². The summed E-state index contributed by atoms with van der Waals surface area (Å²) in [7, 11) is -2.79. The number of aryl methyl sites for hydroxylation is 1. The SMILES string of the molecule is CCCNCC(Cc1ccc(CC)s1)C1CCS(=O)(=O)C1. The first kappa shape index (κ1) is 17.0. The van der Waals surface area contributed by atoms with Crippen molar-refractivity contribution in [2.45, 2.75) is 39.5 Å². The second kappa shape index (κ2) is 7.75. The number of hydrogen-bond acceptors (Lipinski definition) is 4. The average Bonchev–Trinajstić information content (AvgIpc) is 3.04. The minimum absolute atomic E-state index is 0.325. The van der Waals surface area contributed by atoms with Gasteiger partial charge in [0.2, 0.25) is 0 Å². The average molecular weight is 330 g/mol. The largest absolute Gasteiger partial charge is 0.316 e. The summed E-state index contributed by atoms with van der Waals surface area (Å²) in [4.78, 5) is 2.82. The van der Waals surface area contributed by atoms with E-state index in [1.807, 2.05) is 11.3 Å². The highest BCUT2D eigenvalue weighted by atomic mass is 32.2. The highest BCUT2D eigenvalue weighted by molar-refractivity contribution is 7.91. The fourth-order valence-corrected chi connectivity index (χ4v) is 6.02. The van der Waals surface area contributed by atoms with Crippen LogP contribution < -0.4 is 5.32 Å². The molecule has 2 rings (SSSR count). The van der Waals surface area contributed by atoms with Gasteiger partial charge in [-0.2, -0.15) is 0 Å². The maximum absolute atomic E-state index is 11.8. The second-order valence-electron chi connectivity index (χ2n) is 6.05. The van der Waals surface area contributed by atoms with Crippen LogP contribution >= 0.6 is 11.3 Å². The maximum Gasteiger partial charge on any atom is 0.150 e. The lowest BCUT2D eigenvalue weighted by molar-refractivity contribution is 0.345. The molecule has 0 spiro atoms. The smallest absolute Gasteiger partial charge is 0.150 e. The van der Waals surface area contributed by atoms with Crippen LogP contribution in [0.3, 0.4) is 0 Å². The number of nitrogens with one attached hydrogen (secondary N) is 1. The molecule has 2 atom stereocenters. The highest BCUT2D eigenvalue weighted by Gasteiger charge is 2.33. The summed E-state index contributed by atoms with van der Waals surface area (Å²) in [5.41, 5.74) is 0. The molecule has 2 unspecified atom stereocenters. The van der Waals surface area contributed by atoms with E-state index < -0.39 is 9.84 Å². The molecular weight excluding hydrogens is 302 g/mol. The van der Waals surface area contributed by atoms with Crippen LogP contribution in [0.1, 0.15) is 36.4 Å². The summed E-state index contributed by atoms with van der Waals surface area (Å²) in [6.07, 6.45) is 4.06. The summed E-state index contributed by atoms with van der Waals surface area (Å²) in [5, 5.41) is 3.49. The van der Waals surface area contributed by atoms with Crippen molar-refractivity contribution < 1.29 is 8.42 Å². The monoisotopic (exact) mass is 329 g/mol. The molecule has 0 saturated carbocycles. The van der Waals surface area contributed by atoms with Gasteiger partial charge in [0.05, 0.1) is 11.5 Å². The van der Waals surface area contributed by atoms with Gasteiger partial charge in [0, 0.05) is 9.75 Å². The van der Waals surface area contributed by atoms with Crippen LogP contribution in [-0.4, -0.2) is 33.0 Å². The lowest BCUT2D eigenvalue weighted by atomic mass is 9.88. The molecular formula is C16H27NO2S2. The van der Waals surface area contributed by atoms with Gasteiger partial charge in [-0.1, -0.05) is 13.8 Å². The Balaban J connectivity index is 2.01. The highest BCUT2D eigenvalue weighted by Crippen LogP contribution is 2.30. The van der Waals surface area contributed by atoms with Gasteiger partial charge in [0.15, 0.2) is 9.84 Å². The predicted octanol–water partition coefficient (Wildman–Crippen LogP) is 2.90. The fraction of sp³-hybridized carbons (Fsp3) is 0.750. The second-order valence-corrected chi connectivity index (χ2v) is 9.53. The standard InChI is InChI=1S/C16H27NO2S2/c1-3-8-17-11-14(13-7-9-21(18,19)12-13)10-16-6-5-15(4-2)20-16/h5-6,13-14,17H,3-4,7-12H2,1-2H3. The first-order chi connectivity index (χ1) is 10.0. The Labute approximate surface area is 133 Å². The summed E-state index contributed by atoms with van der Waals surface area (Å²) >= 11 is 1.88. The van der Waals surface area contributed by atoms with Gasteiger partial charge in [0.1, 0.15) is 0 Å². The zero-order chi connectivity index (χ0) is 15.3. The van der Waals surface area contributed by atoms with Gasteiger partial charge in [-0.15, -0.1) is 11.3 Å². The van der Waals surface area contributed by atoms with Crippen molar-refractivity contribution in [3.05, 3.63) is 21.9 Å². The molecule has 0 radical (unpaired) electrons. The van der Waals surface area contributed by atoms with Crippen LogP contribution in [0, 0.1) is 11.8 Å². The number of thiophene rings is 1. The molecule has 1 aliphatic rings. The number of sulfone groups is 1. The van der Waals surface area contributed by atoms with Gasteiger partial charge in [-0.25, -0.2) is 8.42 Å². The van der Waals surface area contributed by atoms with E-state index in [2.05, 4.69) is 31.3 Å². The molecule has 120 valence electrons. The lowest BCUT2D eigenvalue weighted by Gasteiger charge is -2.22. The van der Waals surface area contributed by atoms with Crippen LogP contribution in [-0.2, 0) is 22.7 Å². The van der Waals surface area contributed by atoms with Gasteiger partial charge < -0.3 is 5.32 Å². The Morgan fingerprint density at radius 3 is 2.67 bits per heavy atom. The van der Waals surface area contributed by atoms with Crippen LogP contribution in [0.2, 0.25) is 0 Å². The third-order valence-corrected chi connectivity index (χ3v) is 7.34. The van der Waals surface area contributed by atoms with Crippen LogP contribution in [0.15, 0.2) is 12.1 Å². The molecule has 3 nitrogen and oxygen atoms in total. The van der Waals surface area contributed by atoms with E-state index in [0.717, 1.165) is 38.8 Å². The van der Waals surface area contributed by atoms with Crippen LogP contribution in [0.5, 0.6) is 0 Å². The van der Waals surface area contributed by atoms with Gasteiger partial charge in [-0.3, -0.25) is 0 Å². The molecule has 1 saturated heterocycles. The Hall–Kier alpha value is -0.390. The van der Waals surface area contributed by atoms with E-state index in [0.29, 0.717) is 23.3 Å². The molecule has 0 bridgehead atoms. The van der Waals surface area contributed by atoms with E-state index in [-0.39, 0.29) is 0 Å². The molecule has 1 N–H and O–H groups in total. The summed E-state index contributed by atoms with van der Waals surface area (Å²) in [5.74, 6) is 1.54. The predicted molar refractivity (Wildman–Crippen MR) is 90.8 cm³/mol. The van der Waals surface area contributed by atoms with E-state index in [1.165, 1.54) is 9.75 Å². The molecule has 1 aliphatic heterocycles. The summed E-state index contributed by atoms with van der Waals surface area (Å²) in [6.45, 7) is 6.29. The Morgan fingerprint density at radius 2 is 2.10 bits per heavy atom. The molecule has 5 heteroatoms. The molecule has 21 heavy (non-hydrogen) atoms. The first-order valence-corrected chi connectivity index (χ1v) is 10.7. The zero-order valence-corrected chi connectivity index (χ0v) is 14.7. The van der Waals surface area contributed by atoms with Gasteiger partial charge in [-0.05, 0) is 62.7 Å². The quantitative estimate of drug-likeness (QED) is 0.746. The molecule has 0 aliphatic carbocycles. The molecule has 0 aromatic carbocycles. The zero-order valence-electron chi connectivity index (χ0n) is 13.1. The molecule has 1 fully saturated rings. The van der Waals surface area contributed by atoms with Crippen molar-refractivity contribution in [3.63, 3.8) is 0 Å². The molecule has 1 aromatic rings. The lowest BCUT2D eigenvalue weighted by Crippen LogP contribution is -2.31. The van der Waals surface area contributed by atoms with E-state index >= 15 is 0 Å². The summed E-state index contributed by atoms with van der Waals surface area (Å²) in [6, 6.07) is 4.43. The van der Waals surface area contributed by atoms with Crippen molar-refractivity contribution in [1.29, 1.82) is 0 Å². The topological polar surface area (TPSA) is 46.2 Å². The van der Waals surface area contributed by atoms with Gasteiger partial charge >= 0.3 is 0 Å². The minimum Gasteiger partial charge on any atom is -0.316 e. The van der Waals surface area contributed by atoms with Crippen molar-refractivity contribution in [3.8, 4) is 0 Å². The Bertz CT molecular complexity index is 536.